The first-order valence-corrected chi connectivity index (χ1v) is 6.06. The van der Waals surface area contributed by atoms with E-state index in [-0.39, 0.29) is 5.82 Å². The van der Waals surface area contributed by atoms with Gasteiger partial charge in [-0.2, -0.15) is 5.10 Å². The van der Waals surface area contributed by atoms with Crippen molar-refractivity contribution in [1.82, 2.24) is 15.1 Å². The molecule has 0 aliphatic heterocycles. The third-order valence-electron chi connectivity index (χ3n) is 3.11. The fraction of sp³-hybridized carbons (Fsp3) is 0.357. The maximum absolute atomic E-state index is 12.9. The van der Waals surface area contributed by atoms with E-state index in [0.717, 1.165) is 29.9 Å². The number of aryl methyl sites for hydroxylation is 1. The number of hydrogen-bond acceptors (Lipinski definition) is 2. The van der Waals surface area contributed by atoms with E-state index < -0.39 is 0 Å². The van der Waals surface area contributed by atoms with Crippen molar-refractivity contribution in [3.05, 3.63) is 41.3 Å². The molecule has 2 aromatic rings. The molecule has 0 unspecified atom stereocenters. The van der Waals surface area contributed by atoms with Crippen LogP contribution in [0, 0.1) is 12.7 Å². The zero-order valence-corrected chi connectivity index (χ0v) is 11.0. The minimum absolute atomic E-state index is 0.214. The summed E-state index contributed by atoms with van der Waals surface area (Å²) in [6.45, 7) is 2.97. The Kier molecular flexibility index (Phi) is 3.77. The molecule has 96 valence electrons. The van der Waals surface area contributed by atoms with Crippen LogP contribution >= 0.6 is 0 Å². The van der Waals surface area contributed by atoms with Crippen LogP contribution in [0.1, 0.15) is 11.3 Å². The molecule has 1 N–H and O–H groups in total. The third-order valence-corrected chi connectivity index (χ3v) is 3.11. The van der Waals surface area contributed by atoms with Gasteiger partial charge in [-0.15, -0.1) is 0 Å². The largest absolute Gasteiger partial charge is 0.319 e. The molecule has 0 saturated heterocycles. The minimum Gasteiger partial charge on any atom is -0.319 e. The number of nitrogens with one attached hydrogen (secondary N) is 1. The Morgan fingerprint density at radius 2 is 1.94 bits per heavy atom. The molecule has 1 heterocycles. The first-order valence-electron chi connectivity index (χ1n) is 6.06. The third kappa shape index (κ3) is 2.43. The summed E-state index contributed by atoms with van der Waals surface area (Å²) in [5.41, 5.74) is 4.31. The molecule has 4 heteroatoms. The van der Waals surface area contributed by atoms with Crippen LogP contribution in [0.15, 0.2) is 24.3 Å². The fourth-order valence-corrected chi connectivity index (χ4v) is 2.18. The van der Waals surface area contributed by atoms with Gasteiger partial charge in [0.25, 0.3) is 0 Å². The van der Waals surface area contributed by atoms with Gasteiger partial charge in [-0.25, -0.2) is 4.39 Å². The second kappa shape index (κ2) is 5.31. The van der Waals surface area contributed by atoms with Crippen molar-refractivity contribution >= 4 is 0 Å². The first kappa shape index (κ1) is 12.8. The Labute approximate surface area is 107 Å². The van der Waals surface area contributed by atoms with Gasteiger partial charge in [0.15, 0.2) is 0 Å². The van der Waals surface area contributed by atoms with Crippen molar-refractivity contribution in [2.75, 3.05) is 13.6 Å². The molecule has 0 atom stereocenters. The van der Waals surface area contributed by atoms with E-state index in [1.54, 1.807) is 12.1 Å². The number of rotatable bonds is 4. The van der Waals surface area contributed by atoms with Crippen molar-refractivity contribution in [3.63, 3.8) is 0 Å². The maximum atomic E-state index is 12.9. The highest BCUT2D eigenvalue weighted by atomic mass is 19.1. The molecule has 18 heavy (non-hydrogen) atoms. The molecule has 3 nitrogen and oxygen atoms in total. The van der Waals surface area contributed by atoms with Gasteiger partial charge in [0, 0.05) is 25.6 Å². The summed E-state index contributed by atoms with van der Waals surface area (Å²) in [7, 11) is 3.85. The lowest BCUT2D eigenvalue weighted by atomic mass is 10.1. The van der Waals surface area contributed by atoms with E-state index in [1.807, 2.05) is 18.8 Å². The lowest BCUT2D eigenvalue weighted by Gasteiger charge is -2.03. The van der Waals surface area contributed by atoms with Crippen LogP contribution in [0.25, 0.3) is 11.3 Å². The highest BCUT2D eigenvalue weighted by Crippen LogP contribution is 2.25. The molecule has 2 rings (SSSR count). The summed E-state index contributed by atoms with van der Waals surface area (Å²) in [4.78, 5) is 0. The van der Waals surface area contributed by atoms with Crippen LogP contribution in [-0.2, 0) is 13.5 Å². The Morgan fingerprint density at radius 3 is 2.56 bits per heavy atom. The normalized spacial score (nSPS) is 10.9. The quantitative estimate of drug-likeness (QED) is 0.898. The Balaban J connectivity index is 2.38. The Bertz CT molecular complexity index is 529. The zero-order chi connectivity index (χ0) is 13.1. The monoisotopic (exact) mass is 247 g/mol. The lowest BCUT2D eigenvalue weighted by molar-refractivity contribution is 0.628. The van der Waals surface area contributed by atoms with Crippen molar-refractivity contribution in [3.8, 4) is 11.3 Å². The number of benzene rings is 1. The zero-order valence-electron chi connectivity index (χ0n) is 11.0. The number of aromatic nitrogens is 2. The van der Waals surface area contributed by atoms with Gasteiger partial charge in [0.05, 0.1) is 11.4 Å². The highest BCUT2D eigenvalue weighted by Gasteiger charge is 2.13. The summed E-state index contributed by atoms with van der Waals surface area (Å²) in [5, 5.41) is 7.65. The first-order chi connectivity index (χ1) is 8.63. The van der Waals surface area contributed by atoms with Crippen LogP contribution in [0.3, 0.4) is 0 Å². The SMILES string of the molecule is CNCCc1nn(C)c(-c2ccc(F)cc2)c1C. The molecule has 0 bridgehead atoms. The maximum Gasteiger partial charge on any atom is 0.123 e. The van der Waals surface area contributed by atoms with E-state index in [1.165, 1.54) is 17.7 Å². The fourth-order valence-electron chi connectivity index (χ4n) is 2.18. The average Bonchev–Trinajstić information content (AvgIpc) is 2.63. The van der Waals surface area contributed by atoms with Gasteiger partial charge < -0.3 is 5.32 Å². The van der Waals surface area contributed by atoms with Gasteiger partial charge in [0.2, 0.25) is 0 Å². The molecular formula is C14H18FN3. The van der Waals surface area contributed by atoms with E-state index in [0.29, 0.717) is 0 Å². The summed E-state index contributed by atoms with van der Waals surface area (Å²) in [5.74, 6) is -0.214. The average molecular weight is 247 g/mol. The molecule has 0 spiro atoms. The molecule has 1 aromatic carbocycles. The topological polar surface area (TPSA) is 29.9 Å². The van der Waals surface area contributed by atoms with Gasteiger partial charge in [-0.3, -0.25) is 4.68 Å². The molecule has 0 aliphatic rings. The van der Waals surface area contributed by atoms with Crippen molar-refractivity contribution < 1.29 is 4.39 Å². The summed E-state index contributed by atoms with van der Waals surface area (Å²) in [6.07, 6.45) is 0.900. The van der Waals surface area contributed by atoms with E-state index in [2.05, 4.69) is 17.3 Å². The predicted octanol–water partition coefficient (Wildman–Crippen LogP) is 2.30. The van der Waals surface area contributed by atoms with Crippen molar-refractivity contribution in [2.45, 2.75) is 13.3 Å². The summed E-state index contributed by atoms with van der Waals surface area (Å²) >= 11 is 0. The molecular weight excluding hydrogens is 229 g/mol. The van der Waals surface area contributed by atoms with Crippen LogP contribution in [0.4, 0.5) is 4.39 Å². The standard InChI is InChI=1S/C14H18FN3/c1-10-13(8-9-16-2)17-18(3)14(10)11-4-6-12(15)7-5-11/h4-7,16H,8-9H2,1-3H3. The smallest absolute Gasteiger partial charge is 0.123 e. The molecule has 0 amide bonds. The van der Waals surface area contributed by atoms with E-state index >= 15 is 0 Å². The van der Waals surface area contributed by atoms with E-state index in [9.17, 15) is 4.39 Å². The van der Waals surface area contributed by atoms with Crippen molar-refractivity contribution in [1.29, 1.82) is 0 Å². The second-order valence-electron chi connectivity index (χ2n) is 4.40. The predicted molar refractivity (Wildman–Crippen MR) is 71.0 cm³/mol. The van der Waals surface area contributed by atoms with Gasteiger partial charge >= 0.3 is 0 Å². The Morgan fingerprint density at radius 1 is 1.28 bits per heavy atom. The second-order valence-corrected chi connectivity index (χ2v) is 4.40. The minimum atomic E-state index is -0.214. The Hall–Kier alpha value is -1.68. The molecule has 0 radical (unpaired) electrons. The number of nitrogens with zero attached hydrogens (tertiary/aromatic N) is 2. The molecule has 0 fully saturated rings. The van der Waals surface area contributed by atoms with Crippen LogP contribution in [0.5, 0.6) is 0 Å². The van der Waals surface area contributed by atoms with Crippen LogP contribution < -0.4 is 5.32 Å². The highest BCUT2D eigenvalue weighted by molar-refractivity contribution is 5.64. The summed E-state index contributed by atoms with van der Waals surface area (Å²) < 4.78 is 14.8. The number of halogens is 1. The molecule has 0 saturated carbocycles. The molecule has 0 aliphatic carbocycles. The van der Waals surface area contributed by atoms with Crippen LogP contribution in [0.2, 0.25) is 0 Å². The lowest BCUT2D eigenvalue weighted by Crippen LogP contribution is -2.11. The van der Waals surface area contributed by atoms with Gasteiger partial charge in [0.1, 0.15) is 5.82 Å². The van der Waals surface area contributed by atoms with Crippen LogP contribution in [-0.4, -0.2) is 23.4 Å². The summed E-state index contributed by atoms with van der Waals surface area (Å²) in [6, 6.07) is 6.55. The number of hydrogen-bond donors (Lipinski definition) is 1. The number of likely N-dealkylation sites (N-methyl/N-ethyl adjacent to an activating group) is 1. The van der Waals surface area contributed by atoms with Gasteiger partial charge in [-0.1, -0.05) is 0 Å². The van der Waals surface area contributed by atoms with Crippen molar-refractivity contribution in [2.24, 2.45) is 7.05 Å². The molecule has 1 aromatic heterocycles. The van der Waals surface area contributed by atoms with Gasteiger partial charge in [-0.05, 0) is 43.8 Å². The van der Waals surface area contributed by atoms with E-state index in [4.69, 9.17) is 0 Å².